The van der Waals surface area contributed by atoms with Crippen molar-refractivity contribution < 1.29 is 9.53 Å². The molecule has 2 aromatic rings. The normalized spacial score (nSPS) is 16.1. The Morgan fingerprint density at radius 3 is 2.95 bits per heavy atom. The van der Waals surface area contributed by atoms with Gasteiger partial charge in [-0.05, 0) is 28.8 Å². The number of carbonyl (C=O) groups is 1. The number of carbonyl (C=O) groups excluding carboxylic acids is 1. The van der Waals surface area contributed by atoms with E-state index in [9.17, 15) is 4.79 Å². The van der Waals surface area contributed by atoms with E-state index >= 15 is 0 Å². The fourth-order valence-electron chi connectivity index (χ4n) is 1.78. The Morgan fingerprint density at radius 1 is 1.63 bits per heavy atom. The van der Waals surface area contributed by atoms with Crippen LogP contribution in [-0.4, -0.2) is 33.6 Å². The molecule has 0 bridgehead atoms. The quantitative estimate of drug-likeness (QED) is 0.876. The van der Waals surface area contributed by atoms with Crippen molar-refractivity contribution in [1.29, 1.82) is 0 Å². The van der Waals surface area contributed by atoms with Crippen molar-refractivity contribution in [2.45, 2.75) is 18.4 Å². The topological polar surface area (TPSA) is 92.8 Å². The average Bonchev–Trinajstić information content (AvgIpc) is 2.85. The highest BCUT2D eigenvalue weighted by molar-refractivity contribution is 9.11. The highest BCUT2D eigenvalue weighted by atomic mass is 79.9. The number of aromatic nitrogens is 4. The number of nitrogens with one attached hydrogen (secondary N) is 2. The maximum absolute atomic E-state index is 12.2. The molecule has 19 heavy (non-hydrogen) atoms. The van der Waals surface area contributed by atoms with Crippen molar-refractivity contribution in [3.63, 3.8) is 0 Å². The molecule has 7 nitrogen and oxygen atoms in total. The lowest BCUT2D eigenvalue weighted by Gasteiger charge is -2.11. The molecule has 1 amide bonds. The number of amides is 1. The van der Waals surface area contributed by atoms with Gasteiger partial charge in [0, 0.05) is 6.07 Å². The van der Waals surface area contributed by atoms with Gasteiger partial charge in [-0.25, -0.2) is 0 Å². The molecule has 1 fully saturated rings. The van der Waals surface area contributed by atoms with E-state index in [1.54, 1.807) is 13.2 Å². The number of thiophene rings is 1. The Kier molecular flexibility index (Phi) is 3.02. The van der Waals surface area contributed by atoms with Crippen molar-refractivity contribution in [2.24, 2.45) is 0 Å². The van der Waals surface area contributed by atoms with Crippen LogP contribution in [0.2, 0.25) is 0 Å². The zero-order valence-corrected chi connectivity index (χ0v) is 12.3. The lowest BCUT2D eigenvalue weighted by molar-refractivity contribution is 0.0932. The maximum atomic E-state index is 12.2. The Labute approximate surface area is 120 Å². The SMILES string of the molecule is COc1cc(C(=O)NC2(c3nn[nH]n3)CC2)sc1Br. The van der Waals surface area contributed by atoms with Gasteiger partial charge in [-0.15, -0.1) is 21.5 Å². The summed E-state index contributed by atoms with van der Waals surface area (Å²) in [5, 5.41) is 16.8. The predicted octanol–water partition coefficient (Wildman–Crippen LogP) is 1.45. The van der Waals surface area contributed by atoms with Crippen molar-refractivity contribution in [1.82, 2.24) is 25.9 Å². The second kappa shape index (κ2) is 4.57. The van der Waals surface area contributed by atoms with Gasteiger partial charge in [0.2, 0.25) is 0 Å². The van der Waals surface area contributed by atoms with Crippen LogP contribution in [0.4, 0.5) is 0 Å². The molecule has 1 saturated carbocycles. The first-order valence-corrected chi connectivity index (χ1v) is 7.15. The first-order valence-electron chi connectivity index (χ1n) is 5.54. The molecule has 0 unspecified atom stereocenters. The minimum Gasteiger partial charge on any atom is -0.495 e. The first-order chi connectivity index (χ1) is 9.14. The fraction of sp³-hybridized carbons (Fsp3) is 0.400. The number of H-pyrrole nitrogens is 1. The summed E-state index contributed by atoms with van der Waals surface area (Å²) in [4.78, 5) is 12.8. The van der Waals surface area contributed by atoms with Crippen LogP contribution in [0.5, 0.6) is 5.75 Å². The number of methoxy groups -OCH3 is 1. The molecule has 3 rings (SSSR count). The molecule has 2 N–H and O–H groups in total. The van der Waals surface area contributed by atoms with E-state index in [-0.39, 0.29) is 5.91 Å². The van der Waals surface area contributed by atoms with Gasteiger partial charge in [0.1, 0.15) is 15.1 Å². The maximum Gasteiger partial charge on any atom is 0.262 e. The number of hydrogen-bond donors (Lipinski definition) is 2. The van der Waals surface area contributed by atoms with Gasteiger partial charge >= 0.3 is 0 Å². The lowest BCUT2D eigenvalue weighted by atomic mass is 10.2. The van der Waals surface area contributed by atoms with Gasteiger partial charge in [-0.2, -0.15) is 5.21 Å². The summed E-state index contributed by atoms with van der Waals surface area (Å²) in [6, 6.07) is 1.70. The van der Waals surface area contributed by atoms with Crippen LogP contribution in [0, 0.1) is 0 Å². The standard InChI is InChI=1S/C10H10BrN5O2S/c1-18-5-4-6(19-7(5)11)8(17)12-10(2-3-10)9-13-15-16-14-9/h4H,2-3H2,1H3,(H,12,17)(H,13,14,15,16). The van der Waals surface area contributed by atoms with E-state index in [1.807, 2.05) is 0 Å². The molecule has 2 heterocycles. The van der Waals surface area contributed by atoms with Gasteiger partial charge in [0.25, 0.3) is 5.91 Å². The number of aromatic amines is 1. The number of tetrazole rings is 1. The van der Waals surface area contributed by atoms with Crippen molar-refractivity contribution in [2.75, 3.05) is 7.11 Å². The van der Waals surface area contributed by atoms with Gasteiger partial charge in [-0.1, -0.05) is 5.21 Å². The smallest absolute Gasteiger partial charge is 0.262 e. The van der Waals surface area contributed by atoms with E-state index in [0.717, 1.165) is 16.6 Å². The summed E-state index contributed by atoms with van der Waals surface area (Å²) in [7, 11) is 1.57. The molecule has 0 spiro atoms. The largest absolute Gasteiger partial charge is 0.495 e. The molecule has 0 atom stereocenters. The second-order valence-electron chi connectivity index (χ2n) is 4.22. The average molecular weight is 344 g/mol. The minimum atomic E-state index is -0.464. The molecule has 0 aliphatic heterocycles. The second-order valence-corrected chi connectivity index (χ2v) is 6.59. The van der Waals surface area contributed by atoms with Crippen LogP contribution in [0.3, 0.4) is 0 Å². The third kappa shape index (κ3) is 2.23. The molecule has 0 saturated heterocycles. The third-order valence-corrected chi connectivity index (χ3v) is 4.76. The number of hydrogen-bond acceptors (Lipinski definition) is 6. The molecule has 1 aliphatic rings. The van der Waals surface area contributed by atoms with E-state index in [2.05, 4.69) is 41.9 Å². The third-order valence-electron chi connectivity index (χ3n) is 2.98. The number of nitrogens with zero attached hydrogens (tertiary/aromatic N) is 3. The summed E-state index contributed by atoms with van der Waals surface area (Å²) in [5.74, 6) is 1.03. The summed E-state index contributed by atoms with van der Waals surface area (Å²) in [6.45, 7) is 0. The highest BCUT2D eigenvalue weighted by Crippen LogP contribution is 2.44. The Morgan fingerprint density at radius 2 is 2.42 bits per heavy atom. The zero-order valence-electron chi connectivity index (χ0n) is 9.94. The lowest BCUT2D eigenvalue weighted by Crippen LogP contribution is -2.35. The highest BCUT2D eigenvalue weighted by Gasteiger charge is 2.49. The van der Waals surface area contributed by atoms with Gasteiger partial charge in [0.05, 0.1) is 12.0 Å². The van der Waals surface area contributed by atoms with E-state index < -0.39 is 5.54 Å². The van der Waals surface area contributed by atoms with Crippen molar-refractivity contribution in [3.05, 3.63) is 20.6 Å². The summed E-state index contributed by atoms with van der Waals surface area (Å²) >= 11 is 4.68. The Balaban J connectivity index is 1.78. The van der Waals surface area contributed by atoms with Crippen LogP contribution in [0.25, 0.3) is 0 Å². The van der Waals surface area contributed by atoms with Crippen LogP contribution < -0.4 is 10.1 Å². The minimum absolute atomic E-state index is 0.156. The Bertz CT molecular complexity index is 607. The summed E-state index contributed by atoms with van der Waals surface area (Å²) in [5.41, 5.74) is -0.464. The molecule has 0 radical (unpaired) electrons. The van der Waals surface area contributed by atoms with Crippen LogP contribution in [-0.2, 0) is 5.54 Å². The Hall–Kier alpha value is -1.48. The van der Waals surface area contributed by atoms with Crippen LogP contribution >= 0.6 is 27.3 Å². The van der Waals surface area contributed by atoms with Crippen molar-refractivity contribution >= 4 is 33.2 Å². The number of rotatable bonds is 4. The first kappa shape index (κ1) is 12.5. The molecule has 2 aromatic heterocycles. The zero-order chi connectivity index (χ0) is 13.5. The summed E-state index contributed by atoms with van der Waals surface area (Å²) < 4.78 is 5.93. The number of ether oxygens (including phenoxy) is 1. The monoisotopic (exact) mass is 343 g/mol. The van der Waals surface area contributed by atoms with E-state index in [0.29, 0.717) is 16.5 Å². The molecular weight excluding hydrogens is 334 g/mol. The van der Waals surface area contributed by atoms with Crippen molar-refractivity contribution in [3.8, 4) is 5.75 Å². The molecular formula is C10H10BrN5O2S. The van der Waals surface area contributed by atoms with E-state index in [4.69, 9.17) is 4.74 Å². The molecule has 9 heteroatoms. The van der Waals surface area contributed by atoms with Gasteiger partial charge < -0.3 is 10.1 Å². The van der Waals surface area contributed by atoms with Gasteiger partial charge in [0.15, 0.2) is 5.82 Å². The van der Waals surface area contributed by atoms with Gasteiger partial charge in [-0.3, -0.25) is 4.79 Å². The van der Waals surface area contributed by atoms with Crippen LogP contribution in [0.1, 0.15) is 28.3 Å². The summed E-state index contributed by atoms with van der Waals surface area (Å²) in [6.07, 6.45) is 1.64. The predicted molar refractivity (Wildman–Crippen MR) is 71.1 cm³/mol. The molecule has 100 valence electrons. The van der Waals surface area contributed by atoms with Crippen LogP contribution in [0.15, 0.2) is 9.85 Å². The molecule has 0 aromatic carbocycles. The molecule has 1 aliphatic carbocycles. The van der Waals surface area contributed by atoms with E-state index in [1.165, 1.54) is 11.3 Å². The fourth-order valence-corrected chi connectivity index (χ4v) is 3.32. The number of halogens is 1.